The Morgan fingerprint density at radius 2 is 1.85 bits per heavy atom. The van der Waals surface area contributed by atoms with Gasteiger partial charge in [0, 0.05) is 37.7 Å². The zero-order valence-electron chi connectivity index (χ0n) is 15.7. The fourth-order valence-electron chi connectivity index (χ4n) is 3.10. The van der Waals surface area contributed by atoms with Crippen LogP contribution in [0.25, 0.3) is 0 Å². The van der Waals surface area contributed by atoms with Crippen LogP contribution < -0.4 is 10.1 Å². The van der Waals surface area contributed by atoms with Gasteiger partial charge < -0.3 is 15.0 Å². The van der Waals surface area contributed by atoms with E-state index in [2.05, 4.69) is 34.5 Å². The average molecular weight is 388 g/mol. The normalized spacial score (nSPS) is 14.8. The maximum atomic E-state index is 12.3. The van der Waals surface area contributed by atoms with Crippen LogP contribution in [-0.2, 0) is 6.54 Å². The summed E-state index contributed by atoms with van der Waals surface area (Å²) >= 11 is 6.00. The van der Waals surface area contributed by atoms with Crippen LogP contribution in [0.15, 0.2) is 48.5 Å². The van der Waals surface area contributed by atoms with E-state index in [1.165, 1.54) is 5.56 Å². The molecule has 2 aromatic rings. The summed E-state index contributed by atoms with van der Waals surface area (Å²) in [5.74, 6) is 0.765. The van der Waals surface area contributed by atoms with Crippen LogP contribution in [0.4, 0.5) is 4.79 Å². The maximum absolute atomic E-state index is 12.3. The van der Waals surface area contributed by atoms with E-state index >= 15 is 0 Å². The highest BCUT2D eigenvalue weighted by atomic mass is 35.5. The highest BCUT2D eigenvalue weighted by Gasteiger charge is 2.20. The van der Waals surface area contributed by atoms with Gasteiger partial charge in [0.15, 0.2) is 0 Å². The molecule has 6 heteroatoms. The van der Waals surface area contributed by atoms with Gasteiger partial charge in [0.05, 0.1) is 6.54 Å². The molecule has 1 saturated heterocycles. The third-order valence-electron chi connectivity index (χ3n) is 4.68. The van der Waals surface area contributed by atoms with Gasteiger partial charge in [-0.2, -0.15) is 0 Å². The predicted octanol–water partition coefficient (Wildman–Crippen LogP) is 3.55. The summed E-state index contributed by atoms with van der Waals surface area (Å²) in [5.41, 5.74) is 2.29. The number of nitrogens with one attached hydrogen (secondary N) is 1. The molecule has 1 fully saturated rings. The Balaban J connectivity index is 1.34. The number of ether oxygens (including phenoxy) is 1. The number of hydrogen-bond donors (Lipinski definition) is 1. The Labute approximate surface area is 165 Å². The quantitative estimate of drug-likeness (QED) is 0.771. The van der Waals surface area contributed by atoms with Crippen molar-refractivity contribution in [3.05, 3.63) is 64.7 Å². The molecule has 1 aliphatic heterocycles. The number of piperazine rings is 1. The minimum absolute atomic E-state index is 0.0229. The van der Waals surface area contributed by atoms with Crippen LogP contribution in [-0.4, -0.2) is 55.2 Å². The summed E-state index contributed by atoms with van der Waals surface area (Å²) in [6.07, 6.45) is 0. The minimum atomic E-state index is -0.0229. The van der Waals surface area contributed by atoms with E-state index in [1.807, 2.05) is 36.1 Å². The number of carbonyl (C=O) groups is 1. The molecule has 0 radical (unpaired) electrons. The summed E-state index contributed by atoms with van der Waals surface area (Å²) < 4.78 is 5.66. The van der Waals surface area contributed by atoms with Gasteiger partial charge in [-0.25, -0.2) is 4.79 Å². The Kier molecular flexibility index (Phi) is 6.96. The zero-order valence-corrected chi connectivity index (χ0v) is 16.4. The first kappa shape index (κ1) is 19.5. The van der Waals surface area contributed by atoms with Gasteiger partial charge in [-0.1, -0.05) is 41.9 Å². The highest BCUT2D eigenvalue weighted by Crippen LogP contribution is 2.20. The van der Waals surface area contributed by atoms with Crippen LogP contribution >= 0.6 is 11.6 Å². The van der Waals surface area contributed by atoms with E-state index in [0.29, 0.717) is 13.2 Å². The Hall–Kier alpha value is -2.24. The number of benzene rings is 2. The van der Waals surface area contributed by atoms with Crippen LogP contribution in [0.3, 0.4) is 0 Å². The van der Waals surface area contributed by atoms with E-state index in [9.17, 15) is 4.79 Å². The lowest BCUT2D eigenvalue weighted by molar-refractivity contribution is 0.134. The lowest BCUT2D eigenvalue weighted by Gasteiger charge is -2.34. The number of hydrogen-bond acceptors (Lipinski definition) is 3. The standard InChI is InChI=1S/C21H26ClN3O2/c1-17-15-19(7-8-20(17)22)27-14-9-23-21(26)25-12-10-24(11-13-25)16-18-5-3-2-4-6-18/h2-8,15H,9-14,16H2,1H3,(H,23,26). The van der Waals surface area contributed by atoms with Gasteiger partial charge in [-0.15, -0.1) is 0 Å². The second-order valence-electron chi connectivity index (χ2n) is 6.74. The summed E-state index contributed by atoms with van der Waals surface area (Å²) in [7, 11) is 0. The monoisotopic (exact) mass is 387 g/mol. The molecule has 0 unspecified atom stereocenters. The first-order valence-corrected chi connectivity index (χ1v) is 9.67. The fourth-order valence-corrected chi connectivity index (χ4v) is 3.21. The third kappa shape index (κ3) is 5.88. The van der Waals surface area contributed by atoms with Gasteiger partial charge in [0.25, 0.3) is 0 Å². The molecule has 27 heavy (non-hydrogen) atoms. The first-order valence-electron chi connectivity index (χ1n) is 9.30. The molecular weight excluding hydrogens is 362 g/mol. The molecule has 1 heterocycles. The molecule has 144 valence electrons. The van der Waals surface area contributed by atoms with Gasteiger partial charge in [0.2, 0.25) is 0 Å². The predicted molar refractivity (Wildman–Crippen MR) is 108 cm³/mol. The fraction of sp³-hybridized carbons (Fsp3) is 0.381. The Morgan fingerprint density at radius 3 is 2.56 bits per heavy atom. The lowest BCUT2D eigenvalue weighted by atomic mass is 10.2. The SMILES string of the molecule is Cc1cc(OCCNC(=O)N2CCN(Cc3ccccc3)CC2)ccc1Cl. The van der Waals surface area contributed by atoms with Crippen molar-refractivity contribution in [2.75, 3.05) is 39.3 Å². The highest BCUT2D eigenvalue weighted by molar-refractivity contribution is 6.31. The third-order valence-corrected chi connectivity index (χ3v) is 5.11. The van der Waals surface area contributed by atoms with Crippen molar-refractivity contribution in [3.8, 4) is 5.75 Å². The molecule has 1 N–H and O–H groups in total. The lowest BCUT2D eigenvalue weighted by Crippen LogP contribution is -2.51. The summed E-state index contributed by atoms with van der Waals surface area (Å²) in [6, 6.07) is 16.0. The molecule has 2 aromatic carbocycles. The number of nitrogens with zero attached hydrogens (tertiary/aromatic N) is 2. The number of urea groups is 1. The largest absolute Gasteiger partial charge is 0.492 e. The molecule has 0 spiro atoms. The Bertz CT molecular complexity index is 746. The van der Waals surface area contributed by atoms with Gasteiger partial charge in [-0.3, -0.25) is 4.90 Å². The molecule has 0 aromatic heterocycles. The molecule has 0 aliphatic carbocycles. The first-order chi connectivity index (χ1) is 13.1. The van der Waals surface area contributed by atoms with Crippen molar-refractivity contribution >= 4 is 17.6 Å². The number of amides is 2. The smallest absolute Gasteiger partial charge is 0.317 e. The van der Waals surface area contributed by atoms with Crippen molar-refractivity contribution in [2.24, 2.45) is 0 Å². The summed E-state index contributed by atoms with van der Waals surface area (Å²) in [5, 5.41) is 3.65. The topological polar surface area (TPSA) is 44.8 Å². The number of halogens is 1. The van der Waals surface area contributed by atoms with Crippen molar-refractivity contribution in [2.45, 2.75) is 13.5 Å². The minimum Gasteiger partial charge on any atom is -0.492 e. The second-order valence-corrected chi connectivity index (χ2v) is 7.15. The van der Waals surface area contributed by atoms with Gasteiger partial charge in [0.1, 0.15) is 12.4 Å². The molecule has 0 saturated carbocycles. The molecular formula is C21H26ClN3O2. The average Bonchev–Trinajstić information content (AvgIpc) is 2.69. The van der Waals surface area contributed by atoms with Gasteiger partial charge in [-0.05, 0) is 36.2 Å². The molecule has 3 rings (SSSR count). The molecule has 0 atom stereocenters. The summed E-state index contributed by atoms with van der Waals surface area (Å²) in [4.78, 5) is 16.5. The molecule has 1 aliphatic rings. The van der Waals surface area contributed by atoms with Crippen LogP contribution in [0.5, 0.6) is 5.75 Å². The van der Waals surface area contributed by atoms with E-state index in [-0.39, 0.29) is 6.03 Å². The van der Waals surface area contributed by atoms with Crippen molar-refractivity contribution in [1.82, 2.24) is 15.1 Å². The van der Waals surface area contributed by atoms with Crippen LogP contribution in [0.1, 0.15) is 11.1 Å². The Morgan fingerprint density at radius 1 is 1.11 bits per heavy atom. The maximum Gasteiger partial charge on any atom is 0.317 e. The second kappa shape index (κ2) is 9.62. The molecule has 5 nitrogen and oxygen atoms in total. The molecule has 0 bridgehead atoms. The zero-order chi connectivity index (χ0) is 19.1. The van der Waals surface area contributed by atoms with Crippen molar-refractivity contribution < 1.29 is 9.53 Å². The van der Waals surface area contributed by atoms with E-state index < -0.39 is 0 Å². The number of aryl methyl sites for hydroxylation is 1. The van der Waals surface area contributed by atoms with E-state index in [4.69, 9.17) is 16.3 Å². The van der Waals surface area contributed by atoms with E-state index in [0.717, 1.165) is 49.1 Å². The van der Waals surface area contributed by atoms with Crippen LogP contribution in [0, 0.1) is 6.92 Å². The molecule has 2 amide bonds. The van der Waals surface area contributed by atoms with Crippen LogP contribution in [0.2, 0.25) is 5.02 Å². The van der Waals surface area contributed by atoms with E-state index in [1.54, 1.807) is 0 Å². The summed E-state index contributed by atoms with van der Waals surface area (Å²) in [6.45, 7) is 7.06. The number of rotatable bonds is 6. The van der Waals surface area contributed by atoms with Crippen molar-refractivity contribution in [1.29, 1.82) is 0 Å². The van der Waals surface area contributed by atoms with Gasteiger partial charge >= 0.3 is 6.03 Å². The van der Waals surface area contributed by atoms with Crippen molar-refractivity contribution in [3.63, 3.8) is 0 Å². The number of carbonyl (C=O) groups excluding carboxylic acids is 1.